The fourth-order valence-corrected chi connectivity index (χ4v) is 3.04. The number of nitrogens with one attached hydrogen (secondary N) is 1. The minimum atomic E-state index is 0.136. The molecule has 0 saturated carbocycles. The molecule has 0 fully saturated rings. The van der Waals surface area contributed by atoms with Crippen LogP contribution >= 0.6 is 11.8 Å². The highest BCUT2D eigenvalue weighted by molar-refractivity contribution is 7.99. The third-order valence-electron chi connectivity index (χ3n) is 3.47. The predicted octanol–water partition coefficient (Wildman–Crippen LogP) is 3.65. The molecule has 0 aliphatic rings. The molecule has 3 rings (SSSR count). The van der Waals surface area contributed by atoms with Crippen molar-refractivity contribution in [3.05, 3.63) is 59.2 Å². The van der Waals surface area contributed by atoms with E-state index in [0.29, 0.717) is 17.7 Å². The molecule has 0 atom stereocenters. The summed E-state index contributed by atoms with van der Waals surface area (Å²) in [6.07, 6.45) is 0.373. The number of thioether (sulfide) groups is 1. The van der Waals surface area contributed by atoms with Crippen molar-refractivity contribution in [2.45, 2.75) is 18.5 Å². The van der Waals surface area contributed by atoms with Crippen molar-refractivity contribution in [1.82, 2.24) is 9.97 Å². The van der Waals surface area contributed by atoms with Gasteiger partial charge in [0, 0.05) is 6.42 Å². The Hall–Kier alpha value is -2.58. The van der Waals surface area contributed by atoms with E-state index in [1.807, 2.05) is 37.3 Å². The maximum Gasteiger partial charge on any atom is 0.166 e. The zero-order valence-electron chi connectivity index (χ0n) is 12.7. The number of benzene rings is 2. The van der Waals surface area contributed by atoms with Gasteiger partial charge in [-0.15, -0.1) is 0 Å². The molecule has 2 aromatic carbocycles. The number of aromatic nitrogens is 2. The Morgan fingerprint density at radius 3 is 2.78 bits per heavy atom. The van der Waals surface area contributed by atoms with Crippen LogP contribution in [0, 0.1) is 18.3 Å². The lowest BCUT2D eigenvalue weighted by molar-refractivity contribution is -0.116. The molecule has 0 saturated heterocycles. The Kier molecular flexibility index (Phi) is 4.45. The Morgan fingerprint density at radius 2 is 2.04 bits per heavy atom. The summed E-state index contributed by atoms with van der Waals surface area (Å²) in [4.78, 5) is 19.8. The average molecular weight is 321 g/mol. The molecule has 23 heavy (non-hydrogen) atoms. The van der Waals surface area contributed by atoms with E-state index in [1.165, 1.54) is 17.3 Å². The van der Waals surface area contributed by atoms with E-state index in [9.17, 15) is 4.79 Å². The van der Waals surface area contributed by atoms with Crippen LogP contribution in [0.1, 0.15) is 16.7 Å². The van der Waals surface area contributed by atoms with E-state index >= 15 is 0 Å². The third-order valence-corrected chi connectivity index (χ3v) is 4.40. The van der Waals surface area contributed by atoms with Gasteiger partial charge in [-0.25, -0.2) is 4.98 Å². The number of nitrogens with zero attached hydrogens (tertiary/aromatic N) is 2. The summed E-state index contributed by atoms with van der Waals surface area (Å²) in [5.74, 6) is 0.509. The number of aromatic amines is 1. The molecule has 0 spiro atoms. The predicted molar refractivity (Wildman–Crippen MR) is 91.4 cm³/mol. The first-order valence-corrected chi connectivity index (χ1v) is 8.22. The number of Topliss-reactive ketones (excluding diaryl/α,β-unsaturated/α-hetero) is 1. The van der Waals surface area contributed by atoms with Crippen LogP contribution in [0.15, 0.2) is 47.6 Å². The number of hydrogen-bond donors (Lipinski definition) is 1. The second kappa shape index (κ2) is 6.67. The quantitative estimate of drug-likeness (QED) is 0.728. The molecule has 0 aliphatic carbocycles. The van der Waals surface area contributed by atoms with Crippen LogP contribution < -0.4 is 0 Å². The number of ketones is 1. The van der Waals surface area contributed by atoms with Crippen molar-refractivity contribution >= 4 is 28.6 Å². The molecule has 0 bridgehead atoms. The topological polar surface area (TPSA) is 69.5 Å². The van der Waals surface area contributed by atoms with Gasteiger partial charge in [0.25, 0.3) is 0 Å². The van der Waals surface area contributed by atoms with Gasteiger partial charge in [0.15, 0.2) is 5.16 Å². The van der Waals surface area contributed by atoms with Crippen molar-refractivity contribution in [3.8, 4) is 6.07 Å². The summed E-state index contributed by atoms with van der Waals surface area (Å²) in [7, 11) is 0. The number of aryl methyl sites for hydroxylation is 1. The normalized spacial score (nSPS) is 10.6. The number of hydrogen-bond acceptors (Lipinski definition) is 4. The summed E-state index contributed by atoms with van der Waals surface area (Å²) >= 11 is 1.42. The molecular formula is C18H15N3OS. The highest BCUT2D eigenvalue weighted by atomic mass is 32.2. The largest absolute Gasteiger partial charge is 0.333 e. The summed E-state index contributed by atoms with van der Waals surface area (Å²) in [6.45, 7) is 2.04. The maximum atomic E-state index is 12.1. The zero-order valence-corrected chi connectivity index (χ0v) is 13.5. The lowest BCUT2D eigenvalue weighted by atomic mass is 10.1. The van der Waals surface area contributed by atoms with Gasteiger partial charge in [-0.3, -0.25) is 4.79 Å². The van der Waals surface area contributed by atoms with Crippen molar-refractivity contribution < 1.29 is 4.79 Å². The Balaban J connectivity index is 1.60. The number of H-pyrrole nitrogens is 1. The smallest absolute Gasteiger partial charge is 0.166 e. The molecule has 1 aromatic heterocycles. The van der Waals surface area contributed by atoms with E-state index in [0.717, 1.165) is 21.8 Å². The van der Waals surface area contributed by atoms with Gasteiger partial charge in [-0.1, -0.05) is 30.0 Å². The van der Waals surface area contributed by atoms with Gasteiger partial charge >= 0.3 is 0 Å². The van der Waals surface area contributed by atoms with Crippen LogP contribution in [0.3, 0.4) is 0 Å². The first-order valence-electron chi connectivity index (χ1n) is 7.24. The van der Waals surface area contributed by atoms with Crippen molar-refractivity contribution in [1.29, 1.82) is 5.26 Å². The number of carbonyl (C=O) groups excluding carboxylic acids is 1. The fraction of sp³-hybridized carbons (Fsp3) is 0.167. The zero-order chi connectivity index (χ0) is 16.2. The summed E-state index contributed by atoms with van der Waals surface area (Å²) in [5, 5.41) is 9.53. The average Bonchev–Trinajstić information content (AvgIpc) is 2.95. The van der Waals surface area contributed by atoms with Gasteiger partial charge < -0.3 is 4.98 Å². The van der Waals surface area contributed by atoms with E-state index < -0.39 is 0 Å². The lowest BCUT2D eigenvalue weighted by Gasteiger charge is -2.00. The number of carbonyl (C=O) groups is 1. The third kappa shape index (κ3) is 3.79. The molecule has 0 amide bonds. The standard InChI is InChI=1S/C18H15N3OS/c1-12-2-7-16-17(8-12)21-18(20-16)23-11-15(22)9-13-3-5-14(10-19)6-4-13/h2-8H,9,11H2,1H3,(H,20,21). The van der Waals surface area contributed by atoms with E-state index in [4.69, 9.17) is 5.26 Å². The minimum Gasteiger partial charge on any atom is -0.333 e. The Labute approximate surface area is 138 Å². The van der Waals surface area contributed by atoms with Gasteiger partial charge in [-0.2, -0.15) is 5.26 Å². The molecule has 1 N–H and O–H groups in total. The van der Waals surface area contributed by atoms with Crippen molar-refractivity contribution in [2.24, 2.45) is 0 Å². The number of imidazole rings is 1. The van der Waals surface area contributed by atoms with Gasteiger partial charge in [0.05, 0.1) is 28.4 Å². The van der Waals surface area contributed by atoms with Gasteiger partial charge in [-0.05, 0) is 42.3 Å². The highest BCUT2D eigenvalue weighted by Crippen LogP contribution is 2.20. The molecular weight excluding hydrogens is 306 g/mol. The molecule has 114 valence electrons. The summed E-state index contributed by atoms with van der Waals surface area (Å²) < 4.78 is 0. The van der Waals surface area contributed by atoms with E-state index in [1.54, 1.807) is 12.1 Å². The number of rotatable bonds is 5. The minimum absolute atomic E-state index is 0.136. The first kappa shape index (κ1) is 15.3. The van der Waals surface area contributed by atoms with Crippen LogP contribution in [0.2, 0.25) is 0 Å². The van der Waals surface area contributed by atoms with Crippen LogP contribution in [0.4, 0.5) is 0 Å². The van der Waals surface area contributed by atoms with Crippen LogP contribution in [0.5, 0.6) is 0 Å². The molecule has 0 radical (unpaired) electrons. The summed E-state index contributed by atoms with van der Waals surface area (Å²) in [6, 6.07) is 15.2. The number of nitriles is 1. The lowest BCUT2D eigenvalue weighted by Crippen LogP contribution is -2.05. The SMILES string of the molecule is Cc1ccc2nc(SCC(=O)Cc3ccc(C#N)cc3)[nH]c2c1. The molecule has 0 aliphatic heterocycles. The van der Waals surface area contributed by atoms with Crippen LogP contribution in [-0.4, -0.2) is 21.5 Å². The van der Waals surface area contributed by atoms with Crippen molar-refractivity contribution in [3.63, 3.8) is 0 Å². The second-order valence-electron chi connectivity index (χ2n) is 5.38. The van der Waals surface area contributed by atoms with E-state index in [2.05, 4.69) is 16.0 Å². The number of fused-ring (bicyclic) bond motifs is 1. The van der Waals surface area contributed by atoms with E-state index in [-0.39, 0.29) is 5.78 Å². The van der Waals surface area contributed by atoms with Gasteiger partial charge in [0.2, 0.25) is 0 Å². The summed E-state index contributed by atoms with van der Waals surface area (Å²) in [5.41, 5.74) is 4.61. The molecule has 4 nitrogen and oxygen atoms in total. The first-order chi connectivity index (χ1) is 11.1. The van der Waals surface area contributed by atoms with Gasteiger partial charge in [0.1, 0.15) is 5.78 Å². The fourth-order valence-electron chi connectivity index (χ4n) is 2.29. The van der Waals surface area contributed by atoms with Crippen LogP contribution in [-0.2, 0) is 11.2 Å². The maximum absolute atomic E-state index is 12.1. The highest BCUT2D eigenvalue weighted by Gasteiger charge is 2.08. The molecule has 1 heterocycles. The Morgan fingerprint density at radius 1 is 1.26 bits per heavy atom. The molecule has 3 aromatic rings. The second-order valence-corrected chi connectivity index (χ2v) is 6.34. The Bertz CT molecular complexity index is 891. The molecule has 5 heteroatoms. The monoisotopic (exact) mass is 321 g/mol. The van der Waals surface area contributed by atoms with Crippen LogP contribution in [0.25, 0.3) is 11.0 Å². The molecule has 0 unspecified atom stereocenters. The van der Waals surface area contributed by atoms with Crippen molar-refractivity contribution in [2.75, 3.05) is 5.75 Å².